The third kappa shape index (κ3) is 4.09. The van der Waals surface area contributed by atoms with Gasteiger partial charge in [-0.2, -0.15) is 0 Å². The zero-order valence-corrected chi connectivity index (χ0v) is 18.8. The van der Waals surface area contributed by atoms with Crippen molar-refractivity contribution in [1.29, 1.82) is 0 Å². The van der Waals surface area contributed by atoms with E-state index < -0.39 is 19.8 Å². The second-order valence-electron chi connectivity index (χ2n) is 6.42. The SMILES string of the molecule is CCI1C(=Nc2ccccc2N)Nc2cc(Oc3ccnc(C(=O)NC)c3)ccc21. The second kappa shape index (κ2) is 8.70. The molecule has 3 aromatic rings. The Hall–Kier alpha value is -3.14. The van der Waals surface area contributed by atoms with E-state index in [2.05, 4.69) is 28.6 Å². The number of carbonyl (C=O) groups is 1. The van der Waals surface area contributed by atoms with Crippen LogP contribution in [0.2, 0.25) is 0 Å². The van der Waals surface area contributed by atoms with Gasteiger partial charge in [0.1, 0.15) is 0 Å². The molecule has 2 heterocycles. The first-order valence-corrected chi connectivity index (χ1v) is 13.1. The van der Waals surface area contributed by atoms with E-state index in [1.807, 2.05) is 36.4 Å². The van der Waals surface area contributed by atoms with Crippen molar-refractivity contribution in [2.75, 3.05) is 22.5 Å². The van der Waals surface area contributed by atoms with Crippen LogP contribution in [0.4, 0.5) is 17.1 Å². The molecule has 4 rings (SSSR count). The Bertz CT molecular complexity index is 1130. The zero-order valence-electron chi connectivity index (χ0n) is 16.6. The molecule has 0 spiro atoms. The molecule has 0 bridgehead atoms. The van der Waals surface area contributed by atoms with Gasteiger partial charge in [0.25, 0.3) is 0 Å². The average Bonchev–Trinajstić information content (AvgIpc) is 3.11. The number of rotatable bonds is 5. The number of hydrogen-bond donors (Lipinski definition) is 3. The molecular weight excluding hydrogens is 493 g/mol. The standard InChI is InChI=1S/C22H22IN5O2/c1-3-23-16-9-8-14(30-15-10-11-26-20(13-15)21(29)25-2)12-19(16)28-22(23)27-18-7-5-4-6-17(18)24/h4-13H,3,24H2,1-2H3,(H,25,29)(H,27,28). The van der Waals surface area contributed by atoms with E-state index >= 15 is 0 Å². The first-order valence-electron chi connectivity index (χ1n) is 9.45. The van der Waals surface area contributed by atoms with Crippen LogP contribution in [0.1, 0.15) is 17.4 Å². The number of nitrogen functional groups attached to an aromatic ring is 1. The van der Waals surface area contributed by atoms with E-state index in [4.69, 9.17) is 15.5 Å². The fourth-order valence-electron chi connectivity index (χ4n) is 3.03. The van der Waals surface area contributed by atoms with Gasteiger partial charge in [-0.15, -0.1) is 0 Å². The topological polar surface area (TPSA) is 102 Å². The van der Waals surface area contributed by atoms with Crippen molar-refractivity contribution in [3.05, 3.63) is 70.1 Å². The van der Waals surface area contributed by atoms with Crippen LogP contribution >= 0.6 is 19.8 Å². The number of nitrogens with one attached hydrogen (secondary N) is 2. The Kier molecular flexibility index (Phi) is 5.84. The monoisotopic (exact) mass is 515 g/mol. The number of amides is 1. The second-order valence-corrected chi connectivity index (χ2v) is 12.2. The van der Waals surface area contributed by atoms with Gasteiger partial charge in [0.15, 0.2) is 0 Å². The number of ether oxygens (including phenoxy) is 1. The number of alkyl halides is 1. The number of benzene rings is 2. The van der Waals surface area contributed by atoms with Gasteiger partial charge < -0.3 is 0 Å². The molecule has 30 heavy (non-hydrogen) atoms. The molecule has 1 aliphatic heterocycles. The van der Waals surface area contributed by atoms with Crippen LogP contribution in [0.5, 0.6) is 11.5 Å². The molecule has 1 aliphatic rings. The van der Waals surface area contributed by atoms with Crippen molar-refractivity contribution in [2.24, 2.45) is 4.99 Å². The maximum absolute atomic E-state index is 11.8. The molecular formula is C22H22IN5O2. The Balaban J connectivity index is 1.60. The van der Waals surface area contributed by atoms with Crippen molar-refractivity contribution in [3.8, 4) is 11.5 Å². The third-order valence-corrected chi connectivity index (χ3v) is 10.1. The molecule has 0 saturated carbocycles. The first-order chi connectivity index (χ1) is 14.6. The molecule has 0 atom stereocenters. The minimum absolute atomic E-state index is 0.255. The van der Waals surface area contributed by atoms with Crippen LogP contribution in [-0.4, -0.2) is 26.2 Å². The van der Waals surface area contributed by atoms with Crippen LogP contribution < -0.4 is 21.1 Å². The summed E-state index contributed by atoms with van der Waals surface area (Å²) in [6.07, 6.45) is 1.56. The Morgan fingerprint density at radius 1 is 1.20 bits per heavy atom. The van der Waals surface area contributed by atoms with Crippen molar-refractivity contribution >= 4 is 46.6 Å². The van der Waals surface area contributed by atoms with Gasteiger partial charge in [-0.3, -0.25) is 0 Å². The minimum atomic E-state index is -1.63. The number of hydrogen-bond acceptors (Lipinski definition) is 5. The summed E-state index contributed by atoms with van der Waals surface area (Å²) in [5.41, 5.74) is 8.86. The molecule has 0 aliphatic carbocycles. The molecule has 0 radical (unpaired) electrons. The molecule has 0 saturated heterocycles. The molecule has 1 aromatic heterocycles. The number of halogens is 1. The summed E-state index contributed by atoms with van der Waals surface area (Å²) in [6, 6.07) is 17.0. The normalized spacial score (nSPS) is 14.9. The van der Waals surface area contributed by atoms with Gasteiger partial charge in [0.2, 0.25) is 0 Å². The van der Waals surface area contributed by atoms with Crippen molar-refractivity contribution in [1.82, 2.24) is 10.3 Å². The molecule has 0 fully saturated rings. The summed E-state index contributed by atoms with van der Waals surface area (Å²) in [6.45, 7) is 2.20. The molecule has 154 valence electrons. The van der Waals surface area contributed by atoms with Gasteiger partial charge in [0, 0.05) is 0 Å². The predicted molar refractivity (Wildman–Crippen MR) is 129 cm³/mol. The third-order valence-electron chi connectivity index (χ3n) is 4.49. The van der Waals surface area contributed by atoms with Crippen molar-refractivity contribution in [2.45, 2.75) is 6.92 Å². The molecule has 1 amide bonds. The summed E-state index contributed by atoms with van der Waals surface area (Å²) in [7, 11) is 1.57. The Morgan fingerprint density at radius 2 is 2.00 bits per heavy atom. The van der Waals surface area contributed by atoms with Gasteiger partial charge in [-0.1, -0.05) is 0 Å². The Morgan fingerprint density at radius 3 is 2.77 bits per heavy atom. The number of aromatic nitrogens is 1. The van der Waals surface area contributed by atoms with E-state index in [1.54, 1.807) is 25.4 Å². The molecule has 8 heteroatoms. The predicted octanol–water partition coefficient (Wildman–Crippen LogP) is 4.62. The Labute approximate surface area is 182 Å². The molecule has 4 N–H and O–H groups in total. The number of aliphatic imine (C=N–C) groups is 1. The summed E-state index contributed by atoms with van der Waals surface area (Å²) >= 11 is -1.63. The van der Waals surface area contributed by atoms with Crippen LogP contribution in [0.15, 0.2) is 65.8 Å². The van der Waals surface area contributed by atoms with E-state index in [0.29, 0.717) is 22.9 Å². The number of anilines is 2. The van der Waals surface area contributed by atoms with Crippen LogP contribution in [-0.2, 0) is 0 Å². The van der Waals surface area contributed by atoms with E-state index in [0.717, 1.165) is 19.6 Å². The summed E-state index contributed by atoms with van der Waals surface area (Å²) in [4.78, 5) is 20.7. The number of carbonyl (C=O) groups excluding carboxylic acids is 1. The summed E-state index contributed by atoms with van der Waals surface area (Å²) in [5.74, 6) is 0.982. The van der Waals surface area contributed by atoms with Gasteiger partial charge in [0.05, 0.1) is 0 Å². The zero-order chi connectivity index (χ0) is 21.1. The van der Waals surface area contributed by atoms with E-state index in [-0.39, 0.29) is 5.91 Å². The maximum atomic E-state index is 11.8. The molecule has 7 nitrogen and oxygen atoms in total. The number of para-hydroxylation sites is 2. The quantitative estimate of drug-likeness (QED) is 0.199. The number of fused-ring (bicyclic) bond motifs is 1. The van der Waals surface area contributed by atoms with Gasteiger partial charge >= 0.3 is 182 Å². The average molecular weight is 515 g/mol. The van der Waals surface area contributed by atoms with Crippen molar-refractivity contribution < 1.29 is 9.53 Å². The van der Waals surface area contributed by atoms with Crippen LogP contribution in [0.3, 0.4) is 0 Å². The van der Waals surface area contributed by atoms with E-state index in [1.165, 1.54) is 3.57 Å². The first kappa shape index (κ1) is 20.1. The van der Waals surface area contributed by atoms with Crippen molar-refractivity contribution in [3.63, 3.8) is 0 Å². The van der Waals surface area contributed by atoms with Crippen LogP contribution in [0, 0.1) is 3.57 Å². The van der Waals surface area contributed by atoms with E-state index in [9.17, 15) is 4.79 Å². The molecule has 2 aromatic carbocycles. The molecule has 0 unspecified atom stereocenters. The fraction of sp³-hybridized carbons (Fsp3) is 0.136. The summed E-state index contributed by atoms with van der Waals surface area (Å²) < 4.78 is 9.39. The van der Waals surface area contributed by atoms with Crippen LogP contribution in [0.25, 0.3) is 0 Å². The fourth-order valence-corrected chi connectivity index (χ4v) is 7.90. The summed E-state index contributed by atoms with van der Waals surface area (Å²) in [5, 5.41) is 6.05. The number of pyridine rings is 1. The number of amidine groups is 1. The van der Waals surface area contributed by atoms with Gasteiger partial charge in [-0.25, -0.2) is 0 Å². The number of nitrogens with two attached hydrogens (primary N) is 1. The van der Waals surface area contributed by atoms with Gasteiger partial charge in [-0.05, 0) is 0 Å². The number of nitrogens with zero attached hydrogens (tertiary/aromatic N) is 2.